The smallest absolute Gasteiger partial charge is 0.140 e. The summed E-state index contributed by atoms with van der Waals surface area (Å²) in [5.41, 5.74) is 7.05. The van der Waals surface area contributed by atoms with Crippen LogP contribution < -0.4 is 10.5 Å². The van der Waals surface area contributed by atoms with Gasteiger partial charge >= 0.3 is 0 Å². The van der Waals surface area contributed by atoms with Gasteiger partial charge in [0.15, 0.2) is 0 Å². The zero-order valence-electron chi connectivity index (χ0n) is 11.4. The fraction of sp³-hybridized carbons (Fsp3) is 0.188. The molecule has 0 aliphatic rings. The molecule has 0 radical (unpaired) electrons. The van der Waals surface area contributed by atoms with Crippen LogP contribution in [0, 0.1) is 23.0 Å². The zero-order chi connectivity index (χ0) is 15.4. The molecule has 108 valence electrons. The molecule has 2 rings (SSSR count). The van der Waals surface area contributed by atoms with Crippen LogP contribution in [0.15, 0.2) is 36.4 Å². The lowest BCUT2D eigenvalue weighted by atomic mass is 10.1. The Bertz CT molecular complexity index is 693. The number of nitriles is 1. The van der Waals surface area contributed by atoms with E-state index in [1.54, 1.807) is 19.1 Å². The molecule has 0 saturated carbocycles. The van der Waals surface area contributed by atoms with Gasteiger partial charge in [-0.25, -0.2) is 8.78 Å². The van der Waals surface area contributed by atoms with Crippen molar-refractivity contribution in [2.24, 2.45) is 5.73 Å². The maximum atomic E-state index is 13.3. The molecule has 1 unspecified atom stereocenters. The van der Waals surface area contributed by atoms with Gasteiger partial charge in [0, 0.05) is 17.7 Å². The summed E-state index contributed by atoms with van der Waals surface area (Å²) in [5, 5.41) is 8.78. The van der Waals surface area contributed by atoms with E-state index in [9.17, 15) is 8.78 Å². The summed E-state index contributed by atoms with van der Waals surface area (Å²) in [6, 6.07) is 9.73. The Labute approximate surface area is 121 Å². The highest BCUT2D eigenvalue weighted by molar-refractivity contribution is 5.37. The lowest BCUT2D eigenvalue weighted by Crippen LogP contribution is -2.08. The van der Waals surface area contributed by atoms with Gasteiger partial charge < -0.3 is 10.5 Å². The van der Waals surface area contributed by atoms with Crippen molar-refractivity contribution in [1.82, 2.24) is 0 Å². The number of ether oxygens (including phenoxy) is 1. The molecule has 0 spiro atoms. The van der Waals surface area contributed by atoms with Crippen LogP contribution in [0.2, 0.25) is 0 Å². The van der Waals surface area contributed by atoms with Crippen molar-refractivity contribution >= 4 is 0 Å². The molecule has 3 nitrogen and oxygen atoms in total. The van der Waals surface area contributed by atoms with E-state index in [0.717, 1.165) is 0 Å². The molecular formula is C16H14F2N2O. The highest BCUT2D eigenvalue weighted by Gasteiger charge is 2.10. The molecule has 2 N–H and O–H groups in total. The highest BCUT2D eigenvalue weighted by atomic mass is 19.1. The second-order valence-electron chi connectivity index (χ2n) is 4.69. The number of halogens is 2. The number of nitrogens with zero attached hydrogens (tertiary/aromatic N) is 1. The summed E-state index contributed by atoms with van der Waals surface area (Å²) in [6.07, 6.45) is 0. The van der Waals surface area contributed by atoms with Crippen LogP contribution >= 0.6 is 0 Å². The van der Waals surface area contributed by atoms with Crippen molar-refractivity contribution in [3.8, 4) is 11.8 Å². The van der Waals surface area contributed by atoms with Crippen LogP contribution in [-0.2, 0) is 6.61 Å². The van der Waals surface area contributed by atoms with Gasteiger partial charge in [0.25, 0.3) is 0 Å². The van der Waals surface area contributed by atoms with Crippen LogP contribution in [0.4, 0.5) is 8.78 Å². The topological polar surface area (TPSA) is 59.0 Å². The van der Waals surface area contributed by atoms with E-state index in [1.807, 2.05) is 0 Å². The average Bonchev–Trinajstić information content (AvgIpc) is 2.46. The van der Waals surface area contributed by atoms with Gasteiger partial charge in [0.05, 0.1) is 5.56 Å². The Balaban J connectivity index is 2.20. The Morgan fingerprint density at radius 1 is 1.24 bits per heavy atom. The van der Waals surface area contributed by atoms with Gasteiger partial charge in [0.2, 0.25) is 0 Å². The van der Waals surface area contributed by atoms with Crippen LogP contribution in [0.5, 0.6) is 5.75 Å². The van der Waals surface area contributed by atoms with Crippen LogP contribution in [0.1, 0.15) is 29.7 Å². The Hall–Kier alpha value is -2.45. The third-order valence-corrected chi connectivity index (χ3v) is 3.01. The van der Waals surface area contributed by atoms with Gasteiger partial charge in [0.1, 0.15) is 30.1 Å². The van der Waals surface area contributed by atoms with Gasteiger partial charge in [-0.3, -0.25) is 0 Å². The molecule has 0 aliphatic heterocycles. The predicted molar refractivity (Wildman–Crippen MR) is 74.4 cm³/mol. The van der Waals surface area contributed by atoms with Gasteiger partial charge in [-0.1, -0.05) is 12.1 Å². The number of benzene rings is 2. The molecule has 0 heterocycles. The van der Waals surface area contributed by atoms with Crippen molar-refractivity contribution < 1.29 is 13.5 Å². The zero-order valence-corrected chi connectivity index (χ0v) is 11.4. The molecular weight excluding hydrogens is 274 g/mol. The molecule has 0 bridgehead atoms. The molecule has 0 fully saturated rings. The van der Waals surface area contributed by atoms with Gasteiger partial charge in [-0.2, -0.15) is 5.26 Å². The quantitative estimate of drug-likeness (QED) is 0.937. The fourth-order valence-corrected chi connectivity index (χ4v) is 1.92. The van der Waals surface area contributed by atoms with E-state index >= 15 is 0 Å². The average molecular weight is 288 g/mol. The number of nitrogens with two attached hydrogens (primary N) is 1. The van der Waals surface area contributed by atoms with Crippen molar-refractivity contribution in [3.63, 3.8) is 0 Å². The minimum absolute atomic E-state index is 0.0530. The van der Waals surface area contributed by atoms with Gasteiger partial charge in [-0.15, -0.1) is 0 Å². The number of hydrogen-bond acceptors (Lipinski definition) is 3. The largest absolute Gasteiger partial charge is 0.488 e. The molecule has 21 heavy (non-hydrogen) atoms. The van der Waals surface area contributed by atoms with Crippen LogP contribution in [0.3, 0.4) is 0 Å². The normalized spacial score (nSPS) is 11.8. The molecule has 2 aromatic rings. The maximum Gasteiger partial charge on any atom is 0.140 e. The highest BCUT2D eigenvalue weighted by Crippen LogP contribution is 2.25. The van der Waals surface area contributed by atoms with E-state index in [1.165, 1.54) is 30.3 Å². The Morgan fingerprint density at radius 2 is 2.00 bits per heavy atom. The van der Waals surface area contributed by atoms with E-state index < -0.39 is 11.6 Å². The lowest BCUT2D eigenvalue weighted by molar-refractivity contribution is 0.299. The summed E-state index contributed by atoms with van der Waals surface area (Å²) >= 11 is 0. The summed E-state index contributed by atoms with van der Waals surface area (Å²) < 4.78 is 32.1. The molecule has 0 aliphatic carbocycles. The van der Waals surface area contributed by atoms with Crippen molar-refractivity contribution in [2.75, 3.05) is 0 Å². The molecule has 5 heteroatoms. The van der Waals surface area contributed by atoms with E-state index in [2.05, 4.69) is 0 Å². The third-order valence-electron chi connectivity index (χ3n) is 3.01. The van der Waals surface area contributed by atoms with E-state index in [-0.39, 0.29) is 18.2 Å². The van der Waals surface area contributed by atoms with Crippen molar-refractivity contribution in [2.45, 2.75) is 19.6 Å². The first-order valence-corrected chi connectivity index (χ1v) is 6.37. The summed E-state index contributed by atoms with van der Waals surface area (Å²) in [6.45, 7) is 1.86. The van der Waals surface area contributed by atoms with Crippen LogP contribution in [-0.4, -0.2) is 0 Å². The first-order chi connectivity index (χ1) is 10.0. The Morgan fingerprint density at radius 3 is 2.67 bits per heavy atom. The molecule has 0 amide bonds. The van der Waals surface area contributed by atoms with Crippen molar-refractivity contribution in [3.05, 3.63) is 64.7 Å². The minimum atomic E-state index is -0.580. The summed E-state index contributed by atoms with van der Waals surface area (Å²) in [4.78, 5) is 0. The first kappa shape index (κ1) is 14.9. The first-order valence-electron chi connectivity index (χ1n) is 6.37. The summed E-state index contributed by atoms with van der Waals surface area (Å²) in [5.74, 6) is -0.665. The fourth-order valence-electron chi connectivity index (χ4n) is 1.92. The van der Waals surface area contributed by atoms with E-state index in [4.69, 9.17) is 15.7 Å². The standard InChI is InChI=1S/C16H14F2N2O/c1-10(20)14-4-3-13(17)7-16(14)21-9-11-2-5-15(18)12(6-11)8-19/h2-7,10H,9,20H2,1H3. The monoisotopic (exact) mass is 288 g/mol. The Kier molecular flexibility index (Phi) is 4.51. The number of rotatable bonds is 4. The van der Waals surface area contributed by atoms with Gasteiger partial charge in [-0.05, 0) is 30.7 Å². The minimum Gasteiger partial charge on any atom is -0.488 e. The lowest BCUT2D eigenvalue weighted by Gasteiger charge is -2.14. The van der Waals surface area contributed by atoms with E-state index in [0.29, 0.717) is 16.9 Å². The maximum absolute atomic E-state index is 13.3. The molecule has 1 atom stereocenters. The third kappa shape index (κ3) is 3.56. The van der Waals surface area contributed by atoms with Crippen molar-refractivity contribution in [1.29, 1.82) is 5.26 Å². The summed E-state index contributed by atoms with van der Waals surface area (Å²) in [7, 11) is 0. The van der Waals surface area contributed by atoms with Crippen LogP contribution in [0.25, 0.3) is 0 Å². The molecule has 0 saturated heterocycles. The second kappa shape index (κ2) is 6.33. The number of hydrogen-bond donors (Lipinski definition) is 1. The molecule has 2 aromatic carbocycles. The SMILES string of the molecule is CC(N)c1ccc(F)cc1OCc1ccc(F)c(C#N)c1. The predicted octanol–water partition coefficient (Wildman–Crippen LogP) is 3.44. The second-order valence-corrected chi connectivity index (χ2v) is 4.69. The molecule has 0 aromatic heterocycles.